The van der Waals surface area contributed by atoms with Gasteiger partial charge in [-0.25, -0.2) is 4.79 Å². The normalized spacial score (nSPS) is 10.2. The Hall–Kier alpha value is -2.36. The van der Waals surface area contributed by atoms with Gasteiger partial charge in [-0.2, -0.15) is 0 Å². The zero-order valence-electron chi connectivity index (χ0n) is 10.7. The van der Waals surface area contributed by atoms with E-state index in [2.05, 4.69) is 4.98 Å². The van der Waals surface area contributed by atoms with Crippen molar-refractivity contribution in [3.63, 3.8) is 0 Å². The van der Waals surface area contributed by atoms with Gasteiger partial charge in [0.05, 0.1) is 12.2 Å². The Morgan fingerprint density at radius 1 is 1.26 bits per heavy atom. The van der Waals surface area contributed by atoms with Crippen LogP contribution in [0.25, 0.3) is 11.1 Å². The Morgan fingerprint density at radius 3 is 2.79 bits per heavy atom. The molecule has 0 radical (unpaired) electrons. The van der Waals surface area contributed by atoms with Crippen LogP contribution in [0, 0.1) is 0 Å². The van der Waals surface area contributed by atoms with E-state index in [1.165, 1.54) is 12.3 Å². The molecule has 98 valence electrons. The summed E-state index contributed by atoms with van der Waals surface area (Å²) >= 11 is 0. The van der Waals surface area contributed by atoms with Crippen molar-refractivity contribution in [1.29, 1.82) is 0 Å². The van der Waals surface area contributed by atoms with Crippen molar-refractivity contribution in [2.45, 2.75) is 13.3 Å². The number of carboxylic acids is 1. The van der Waals surface area contributed by atoms with E-state index in [0.29, 0.717) is 17.9 Å². The van der Waals surface area contributed by atoms with Gasteiger partial charge in [0.2, 0.25) is 0 Å². The number of pyridine rings is 1. The summed E-state index contributed by atoms with van der Waals surface area (Å²) in [4.78, 5) is 15.3. The molecule has 0 amide bonds. The first-order valence-electron chi connectivity index (χ1n) is 6.13. The molecule has 1 N–H and O–H groups in total. The highest BCUT2D eigenvalue weighted by Gasteiger charge is 2.14. The van der Waals surface area contributed by atoms with Gasteiger partial charge in [-0.05, 0) is 18.6 Å². The van der Waals surface area contributed by atoms with E-state index in [4.69, 9.17) is 4.74 Å². The number of hydrogen-bond acceptors (Lipinski definition) is 3. The smallest absolute Gasteiger partial charge is 0.336 e. The first-order chi connectivity index (χ1) is 9.24. The van der Waals surface area contributed by atoms with Crippen LogP contribution in [0.3, 0.4) is 0 Å². The van der Waals surface area contributed by atoms with Crippen LogP contribution in [-0.4, -0.2) is 22.7 Å². The van der Waals surface area contributed by atoms with Crippen LogP contribution < -0.4 is 4.74 Å². The predicted molar refractivity (Wildman–Crippen MR) is 72.4 cm³/mol. The van der Waals surface area contributed by atoms with Crippen LogP contribution in [0.15, 0.2) is 42.7 Å². The standard InChI is InChI=1S/C15H15NO3/c1-2-9-19-14-6-4-3-5-11(14)13-10-16-8-7-12(13)15(17)18/h3-8,10H,2,9H2,1H3,(H,17,18). The third-order valence-corrected chi connectivity index (χ3v) is 2.69. The molecule has 0 saturated heterocycles. The van der Waals surface area contributed by atoms with Gasteiger partial charge >= 0.3 is 5.97 Å². The molecule has 0 aliphatic heterocycles. The van der Waals surface area contributed by atoms with Gasteiger partial charge in [-0.1, -0.05) is 25.1 Å². The number of para-hydroxylation sites is 1. The number of hydrogen-bond donors (Lipinski definition) is 1. The first kappa shape index (κ1) is 13.1. The molecular weight excluding hydrogens is 242 g/mol. The van der Waals surface area contributed by atoms with E-state index >= 15 is 0 Å². The topological polar surface area (TPSA) is 59.4 Å². The second kappa shape index (κ2) is 6.00. The molecule has 0 unspecified atom stereocenters. The molecule has 19 heavy (non-hydrogen) atoms. The van der Waals surface area contributed by atoms with Crippen molar-refractivity contribution in [3.8, 4) is 16.9 Å². The zero-order valence-corrected chi connectivity index (χ0v) is 10.7. The van der Waals surface area contributed by atoms with Crippen LogP contribution in [0.1, 0.15) is 23.7 Å². The maximum absolute atomic E-state index is 11.3. The summed E-state index contributed by atoms with van der Waals surface area (Å²) in [5.74, 6) is -0.289. The van der Waals surface area contributed by atoms with Crippen LogP contribution in [0.2, 0.25) is 0 Å². The minimum Gasteiger partial charge on any atom is -0.493 e. The van der Waals surface area contributed by atoms with Gasteiger partial charge in [0.1, 0.15) is 5.75 Å². The third kappa shape index (κ3) is 2.91. The molecule has 0 bridgehead atoms. The second-order valence-corrected chi connectivity index (χ2v) is 4.07. The van der Waals surface area contributed by atoms with Crippen LogP contribution in [0.5, 0.6) is 5.75 Å². The maximum atomic E-state index is 11.3. The van der Waals surface area contributed by atoms with Gasteiger partial charge in [0.25, 0.3) is 0 Å². The molecule has 0 atom stereocenters. The summed E-state index contributed by atoms with van der Waals surface area (Å²) in [6.45, 7) is 2.62. The molecule has 4 heteroatoms. The molecule has 1 aromatic carbocycles. The Labute approximate surface area is 111 Å². The van der Waals surface area contributed by atoms with Crippen molar-refractivity contribution >= 4 is 5.97 Å². The highest BCUT2D eigenvalue weighted by molar-refractivity contribution is 5.96. The van der Waals surface area contributed by atoms with E-state index in [1.54, 1.807) is 6.20 Å². The molecule has 0 spiro atoms. The van der Waals surface area contributed by atoms with E-state index in [9.17, 15) is 9.90 Å². The van der Waals surface area contributed by atoms with E-state index < -0.39 is 5.97 Å². The number of rotatable bonds is 5. The van der Waals surface area contributed by atoms with Crippen LogP contribution in [0.4, 0.5) is 0 Å². The molecule has 4 nitrogen and oxygen atoms in total. The number of carbonyl (C=O) groups is 1. The van der Waals surface area contributed by atoms with Gasteiger partial charge in [-0.3, -0.25) is 4.98 Å². The fourth-order valence-electron chi connectivity index (χ4n) is 1.82. The number of aromatic nitrogens is 1. The second-order valence-electron chi connectivity index (χ2n) is 4.07. The summed E-state index contributed by atoms with van der Waals surface area (Å²) in [6.07, 6.45) is 3.92. The van der Waals surface area contributed by atoms with E-state index in [1.807, 2.05) is 31.2 Å². The highest BCUT2D eigenvalue weighted by Crippen LogP contribution is 2.31. The van der Waals surface area contributed by atoms with Crippen molar-refractivity contribution in [3.05, 3.63) is 48.3 Å². The molecule has 0 saturated carbocycles. The van der Waals surface area contributed by atoms with Crippen molar-refractivity contribution in [2.24, 2.45) is 0 Å². The summed E-state index contributed by atoms with van der Waals surface area (Å²) in [5.41, 5.74) is 1.55. The van der Waals surface area contributed by atoms with Crippen LogP contribution in [-0.2, 0) is 0 Å². The number of nitrogens with zero attached hydrogens (tertiary/aromatic N) is 1. The number of benzene rings is 1. The summed E-state index contributed by atoms with van der Waals surface area (Å²) in [5, 5.41) is 9.23. The van der Waals surface area contributed by atoms with Gasteiger partial charge < -0.3 is 9.84 Å². The number of aromatic carboxylic acids is 1. The van der Waals surface area contributed by atoms with Crippen molar-refractivity contribution in [2.75, 3.05) is 6.61 Å². The van der Waals surface area contributed by atoms with E-state index in [-0.39, 0.29) is 5.56 Å². The number of carboxylic acid groups (broad SMARTS) is 1. The molecular formula is C15H15NO3. The third-order valence-electron chi connectivity index (χ3n) is 2.69. The van der Waals surface area contributed by atoms with Gasteiger partial charge in [0.15, 0.2) is 0 Å². The Balaban J connectivity index is 2.50. The van der Waals surface area contributed by atoms with Crippen molar-refractivity contribution < 1.29 is 14.6 Å². The highest BCUT2D eigenvalue weighted by atomic mass is 16.5. The quantitative estimate of drug-likeness (QED) is 0.893. The SMILES string of the molecule is CCCOc1ccccc1-c1cnccc1C(=O)O. The monoisotopic (exact) mass is 257 g/mol. The predicted octanol–water partition coefficient (Wildman–Crippen LogP) is 3.24. The minimum atomic E-state index is -0.970. The Kier molecular flexibility index (Phi) is 4.13. The van der Waals surface area contributed by atoms with Gasteiger partial charge in [-0.15, -0.1) is 0 Å². The first-order valence-corrected chi connectivity index (χ1v) is 6.13. The Morgan fingerprint density at radius 2 is 2.05 bits per heavy atom. The van der Waals surface area contributed by atoms with E-state index in [0.717, 1.165) is 12.0 Å². The molecule has 1 heterocycles. The minimum absolute atomic E-state index is 0.225. The number of ether oxygens (including phenoxy) is 1. The lowest BCUT2D eigenvalue weighted by Crippen LogP contribution is -2.02. The summed E-state index contributed by atoms with van der Waals surface area (Å²) in [6, 6.07) is 8.89. The Bertz CT molecular complexity index is 581. The summed E-state index contributed by atoms with van der Waals surface area (Å²) in [7, 11) is 0. The fourth-order valence-corrected chi connectivity index (χ4v) is 1.82. The molecule has 0 fully saturated rings. The van der Waals surface area contributed by atoms with Crippen molar-refractivity contribution in [1.82, 2.24) is 4.98 Å². The largest absolute Gasteiger partial charge is 0.493 e. The van der Waals surface area contributed by atoms with Gasteiger partial charge in [0, 0.05) is 23.5 Å². The lowest BCUT2D eigenvalue weighted by atomic mass is 10.0. The summed E-state index contributed by atoms with van der Waals surface area (Å²) < 4.78 is 5.65. The average Bonchev–Trinajstić information content (AvgIpc) is 2.45. The van der Waals surface area contributed by atoms with Crippen LogP contribution >= 0.6 is 0 Å². The molecule has 1 aromatic heterocycles. The average molecular weight is 257 g/mol. The maximum Gasteiger partial charge on any atom is 0.336 e. The zero-order chi connectivity index (χ0) is 13.7. The fraction of sp³-hybridized carbons (Fsp3) is 0.200. The molecule has 2 aromatic rings. The molecule has 0 aliphatic rings. The molecule has 2 rings (SSSR count). The lowest BCUT2D eigenvalue weighted by Gasteiger charge is -2.12. The molecule has 0 aliphatic carbocycles. The lowest BCUT2D eigenvalue weighted by molar-refractivity contribution is 0.0697.